The molecule has 1 amide bonds. The molecule has 1 N–H and O–H groups in total. The van der Waals surface area contributed by atoms with E-state index in [1.54, 1.807) is 36.7 Å². The molecular weight excluding hydrogens is 457 g/mol. The molecule has 1 saturated carbocycles. The maximum absolute atomic E-state index is 13.2. The van der Waals surface area contributed by atoms with Gasteiger partial charge in [0.1, 0.15) is 0 Å². The number of halogens is 2. The van der Waals surface area contributed by atoms with E-state index in [0.29, 0.717) is 12.1 Å². The number of sulfonamides is 1. The molecule has 0 saturated heterocycles. The van der Waals surface area contributed by atoms with Crippen LogP contribution < -0.4 is 4.72 Å². The number of hydrogen-bond donors (Lipinski definition) is 1. The first-order valence-corrected chi connectivity index (χ1v) is 11.9. The monoisotopic (exact) mass is 475 g/mol. The van der Waals surface area contributed by atoms with Crippen LogP contribution in [0.4, 0.5) is 5.69 Å². The lowest BCUT2D eigenvalue weighted by atomic mass is 10.1. The van der Waals surface area contributed by atoms with Crippen molar-refractivity contribution in [1.82, 2.24) is 9.88 Å². The Hall–Kier alpha value is -2.61. The van der Waals surface area contributed by atoms with Crippen molar-refractivity contribution < 1.29 is 13.2 Å². The molecule has 4 rings (SSSR count). The lowest BCUT2D eigenvalue weighted by molar-refractivity contribution is 0.0730. The number of benzene rings is 2. The zero-order valence-corrected chi connectivity index (χ0v) is 18.7. The zero-order chi connectivity index (χ0) is 22.0. The smallest absolute Gasteiger partial charge is 0.261 e. The van der Waals surface area contributed by atoms with Crippen LogP contribution in [-0.2, 0) is 16.6 Å². The van der Waals surface area contributed by atoms with Crippen molar-refractivity contribution >= 4 is 44.8 Å². The topological polar surface area (TPSA) is 79.4 Å². The number of hydrogen-bond acceptors (Lipinski definition) is 4. The van der Waals surface area contributed by atoms with Crippen LogP contribution >= 0.6 is 23.2 Å². The molecule has 6 nitrogen and oxygen atoms in total. The third-order valence-electron chi connectivity index (χ3n) is 4.91. The first-order valence-electron chi connectivity index (χ1n) is 9.61. The van der Waals surface area contributed by atoms with Gasteiger partial charge in [-0.3, -0.25) is 14.5 Å². The van der Waals surface area contributed by atoms with Gasteiger partial charge in [0.2, 0.25) is 0 Å². The van der Waals surface area contributed by atoms with Crippen molar-refractivity contribution in [3.05, 3.63) is 88.2 Å². The number of amides is 1. The predicted octanol–water partition coefficient (Wildman–Crippen LogP) is 4.99. The number of aromatic nitrogens is 1. The maximum atomic E-state index is 13.2. The van der Waals surface area contributed by atoms with Gasteiger partial charge < -0.3 is 4.90 Å². The molecule has 3 aromatic rings. The summed E-state index contributed by atoms with van der Waals surface area (Å²) < 4.78 is 28.0. The summed E-state index contributed by atoms with van der Waals surface area (Å²) in [6.45, 7) is 0.477. The van der Waals surface area contributed by atoms with E-state index in [4.69, 9.17) is 23.2 Å². The molecule has 2 aromatic carbocycles. The number of pyridine rings is 1. The first kappa shape index (κ1) is 21.6. The highest BCUT2D eigenvalue weighted by Crippen LogP contribution is 2.31. The van der Waals surface area contributed by atoms with Crippen molar-refractivity contribution in [3.63, 3.8) is 0 Å². The molecule has 1 aliphatic rings. The first-order chi connectivity index (χ1) is 14.8. The summed E-state index contributed by atoms with van der Waals surface area (Å²) in [6, 6.07) is 14.5. The Morgan fingerprint density at radius 1 is 1.03 bits per heavy atom. The Kier molecular flexibility index (Phi) is 6.18. The van der Waals surface area contributed by atoms with Gasteiger partial charge in [-0.2, -0.15) is 0 Å². The highest BCUT2D eigenvalue weighted by molar-refractivity contribution is 7.92. The summed E-state index contributed by atoms with van der Waals surface area (Å²) in [7, 11) is -3.89. The average Bonchev–Trinajstić information content (AvgIpc) is 3.59. The minimum atomic E-state index is -3.89. The molecule has 1 fully saturated rings. The van der Waals surface area contributed by atoms with Crippen LogP contribution in [0.5, 0.6) is 0 Å². The quantitative estimate of drug-likeness (QED) is 0.521. The summed E-state index contributed by atoms with van der Waals surface area (Å²) in [5.41, 5.74) is 1.69. The molecule has 1 aromatic heterocycles. The van der Waals surface area contributed by atoms with Gasteiger partial charge in [-0.1, -0.05) is 29.3 Å². The van der Waals surface area contributed by atoms with Crippen LogP contribution in [0.15, 0.2) is 71.9 Å². The number of carbonyl (C=O) groups is 1. The van der Waals surface area contributed by atoms with E-state index >= 15 is 0 Å². The molecule has 0 aliphatic heterocycles. The predicted molar refractivity (Wildman–Crippen MR) is 121 cm³/mol. The van der Waals surface area contributed by atoms with Crippen LogP contribution in [0.2, 0.25) is 10.0 Å². The van der Waals surface area contributed by atoms with Crippen molar-refractivity contribution in [2.45, 2.75) is 30.3 Å². The van der Waals surface area contributed by atoms with Crippen molar-refractivity contribution in [1.29, 1.82) is 0 Å². The minimum Gasteiger partial charge on any atom is -0.331 e. The van der Waals surface area contributed by atoms with Crippen molar-refractivity contribution in [2.24, 2.45) is 0 Å². The summed E-state index contributed by atoms with van der Waals surface area (Å²) in [5, 5.41) is 0.409. The van der Waals surface area contributed by atoms with Gasteiger partial charge in [0.15, 0.2) is 0 Å². The zero-order valence-electron chi connectivity index (χ0n) is 16.3. The fourth-order valence-electron chi connectivity index (χ4n) is 3.18. The van der Waals surface area contributed by atoms with E-state index < -0.39 is 10.0 Å². The number of rotatable bonds is 7. The fourth-order valence-corrected chi connectivity index (χ4v) is 4.62. The van der Waals surface area contributed by atoms with Crippen LogP contribution in [0, 0.1) is 0 Å². The summed E-state index contributed by atoms with van der Waals surface area (Å²) in [5.74, 6) is -0.144. The molecule has 9 heteroatoms. The second-order valence-corrected chi connectivity index (χ2v) is 9.78. The molecule has 0 spiro atoms. The van der Waals surface area contributed by atoms with Crippen LogP contribution in [0.3, 0.4) is 0 Å². The Labute approximate surface area is 190 Å². The van der Waals surface area contributed by atoms with Crippen molar-refractivity contribution in [3.8, 4) is 0 Å². The van der Waals surface area contributed by atoms with E-state index in [0.717, 1.165) is 18.4 Å². The Morgan fingerprint density at radius 2 is 1.77 bits per heavy atom. The van der Waals surface area contributed by atoms with E-state index in [9.17, 15) is 13.2 Å². The third-order valence-corrected chi connectivity index (χ3v) is 7.03. The van der Waals surface area contributed by atoms with Gasteiger partial charge in [0.25, 0.3) is 15.9 Å². The highest BCUT2D eigenvalue weighted by atomic mass is 35.5. The van der Waals surface area contributed by atoms with E-state index in [1.807, 2.05) is 17.0 Å². The standard InChI is InChI=1S/C22H19Cl2N3O3S/c23-20-7-6-19(13-21(20)24)31(29,30)26-17-3-1-2-16(12-17)22(28)27(18-4-5-18)14-15-8-10-25-11-9-15/h1-3,6-13,18,26H,4-5,14H2. The number of nitrogens with one attached hydrogen (secondary N) is 1. The van der Waals surface area contributed by atoms with Gasteiger partial charge in [-0.15, -0.1) is 0 Å². The number of carbonyl (C=O) groups excluding carboxylic acids is 1. The summed E-state index contributed by atoms with van der Waals surface area (Å²) in [4.78, 5) is 19.0. The molecule has 1 heterocycles. The molecule has 160 valence electrons. The molecule has 1 aliphatic carbocycles. The van der Waals surface area contributed by atoms with E-state index in [2.05, 4.69) is 9.71 Å². The fraction of sp³-hybridized carbons (Fsp3) is 0.182. The van der Waals surface area contributed by atoms with Crippen LogP contribution in [0.1, 0.15) is 28.8 Å². The van der Waals surface area contributed by atoms with Crippen LogP contribution in [0.25, 0.3) is 0 Å². The second kappa shape index (κ2) is 8.86. The van der Waals surface area contributed by atoms with Crippen molar-refractivity contribution in [2.75, 3.05) is 4.72 Å². The van der Waals surface area contributed by atoms with E-state index in [-0.39, 0.29) is 32.6 Å². The third kappa shape index (κ3) is 5.18. The molecule has 0 atom stereocenters. The van der Waals surface area contributed by atoms with Gasteiger partial charge in [0.05, 0.1) is 14.9 Å². The van der Waals surface area contributed by atoms with Gasteiger partial charge in [-0.05, 0) is 66.9 Å². The maximum Gasteiger partial charge on any atom is 0.261 e. The molecular formula is C22H19Cl2N3O3S. The lowest BCUT2D eigenvalue weighted by Crippen LogP contribution is -2.32. The molecule has 31 heavy (non-hydrogen) atoms. The minimum absolute atomic E-state index is 0.0177. The Bertz CT molecular complexity index is 1220. The second-order valence-electron chi connectivity index (χ2n) is 7.28. The highest BCUT2D eigenvalue weighted by Gasteiger charge is 2.33. The van der Waals surface area contributed by atoms with Gasteiger partial charge in [0, 0.05) is 36.2 Å². The van der Waals surface area contributed by atoms with E-state index in [1.165, 1.54) is 18.2 Å². The summed E-state index contributed by atoms with van der Waals surface area (Å²) in [6.07, 6.45) is 5.31. The normalized spacial score (nSPS) is 13.6. The lowest BCUT2D eigenvalue weighted by Gasteiger charge is -2.23. The Balaban J connectivity index is 1.55. The largest absolute Gasteiger partial charge is 0.331 e. The van der Waals surface area contributed by atoms with Gasteiger partial charge in [-0.25, -0.2) is 8.42 Å². The van der Waals surface area contributed by atoms with Crippen LogP contribution in [-0.4, -0.2) is 30.3 Å². The average molecular weight is 476 g/mol. The Morgan fingerprint density at radius 3 is 2.45 bits per heavy atom. The SMILES string of the molecule is O=C(c1cccc(NS(=O)(=O)c2ccc(Cl)c(Cl)c2)c1)N(Cc1ccncc1)C1CC1. The number of anilines is 1. The number of nitrogens with zero attached hydrogens (tertiary/aromatic N) is 2. The van der Waals surface area contributed by atoms with Gasteiger partial charge >= 0.3 is 0 Å². The molecule has 0 radical (unpaired) electrons. The summed E-state index contributed by atoms with van der Waals surface area (Å²) >= 11 is 11.8. The molecule has 0 bridgehead atoms. The molecule has 0 unspecified atom stereocenters.